The molecule has 0 radical (unpaired) electrons. The van der Waals surface area contributed by atoms with Gasteiger partial charge < -0.3 is 9.41 Å². The summed E-state index contributed by atoms with van der Waals surface area (Å²) >= 11 is 0. The van der Waals surface area contributed by atoms with Gasteiger partial charge in [0.25, 0.3) is 0 Å². The first kappa shape index (κ1) is 28.1. The molecule has 0 saturated heterocycles. The topological polar surface area (TPSA) is 0 Å². The zero-order valence-corrected chi connectivity index (χ0v) is 20.4. The number of rotatable bonds is 2. The molecule has 0 aliphatic heterocycles. The van der Waals surface area contributed by atoms with Crippen molar-refractivity contribution in [3.05, 3.63) is 68.8 Å². The first-order chi connectivity index (χ1) is 11.3. The number of hydrogen-bond acceptors (Lipinski definition) is 0. The summed E-state index contributed by atoms with van der Waals surface area (Å²) < 4.78 is 0. The molecule has 0 nitrogen and oxygen atoms in total. The molecular formula is C24H32F2Zr. The third kappa shape index (κ3) is 5.95. The van der Waals surface area contributed by atoms with Crippen molar-refractivity contribution in [1.82, 2.24) is 0 Å². The van der Waals surface area contributed by atoms with Gasteiger partial charge in [-0.05, 0) is 6.92 Å². The average Bonchev–Trinajstić information content (AvgIpc) is 3.03. The van der Waals surface area contributed by atoms with Gasteiger partial charge in [0.2, 0.25) is 0 Å². The first-order valence-corrected chi connectivity index (χ1v) is 9.13. The molecule has 3 heteroatoms. The summed E-state index contributed by atoms with van der Waals surface area (Å²) in [6.45, 7) is 17.7. The van der Waals surface area contributed by atoms with E-state index in [2.05, 4.69) is 79.7 Å². The summed E-state index contributed by atoms with van der Waals surface area (Å²) in [6.07, 6.45) is 2.50. The van der Waals surface area contributed by atoms with Gasteiger partial charge in [-0.2, -0.15) is 33.9 Å². The van der Waals surface area contributed by atoms with Crippen LogP contribution in [0.4, 0.5) is 0 Å². The smallest absolute Gasteiger partial charge is 1.00 e. The van der Waals surface area contributed by atoms with Gasteiger partial charge in [0.05, 0.1) is 0 Å². The van der Waals surface area contributed by atoms with Crippen LogP contribution in [0.2, 0.25) is 0 Å². The molecule has 0 bridgehead atoms. The van der Waals surface area contributed by atoms with Gasteiger partial charge in [0, 0.05) is 0 Å². The van der Waals surface area contributed by atoms with Crippen molar-refractivity contribution in [2.24, 2.45) is 0 Å². The minimum absolute atomic E-state index is 0. The van der Waals surface area contributed by atoms with Crippen molar-refractivity contribution >= 4 is 10.8 Å². The number of benzene rings is 1. The van der Waals surface area contributed by atoms with Crippen LogP contribution < -0.4 is 9.41 Å². The van der Waals surface area contributed by atoms with E-state index in [9.17, 15) is 0 Å². The van der Waals surface area contributed by atoms with Crippen LogP contribution in [0.15, 0.2) is 24.3 Å². The van der Waals surface area contributed by atoms with E-state index in [0.717, 1.165) is 0 Å². The van der Waals surface area contributed by atoms with Crippen LogP contribution in [0.3, 0.4) is 0 Å². The zero-order valence-electron chi connectivity index (χ0n) is 18.0. The van der Waals surface area contributed by atoms with Gasteiger partial charge >= 0.3 is 26.2 Å². The summed E-state index contributed by atoms with van der Waals surface area (Å²) in [7, 11) is 0. The normalized spacial score (nSPS) is 9.63. The molecule has 0 amide bonds. The van der Waals surface area contributed by atoms with Crippen molar-refractivity contribution in [2.45, 2.75) is 68.2 Å². The molecule has 0 aromatic heterocycles. The molecule has 0 saturated carbocycles. The van der Waals surface area contributed by atoms with Crippen molar-refractivity contribution < 1.29 is 35.6 Å². The Morgan fingerprint density at radius 3 is 1.89 bits per heavy atom. The van der Waals surface area contributed by atoms with Crippen LogP contribution in [-0.2, 0) is 32.6 Å². The molecule has 0 spiro atoms. The number of halogens is 2. The van der Waals surface area contributed by atoms with Crippen LogP contribution in [0, 0.1) is 48.5 Å². The van der Waals surface area contributed by atoms with E-state index < -0.39 is 0 Å². The Bertz CT molecular complexity index is 789. The fourth-order valence-corrected chi connectivity index (χ4v) is 3.66. The number of aryl methyl sites for hydroxylation is 3. The summed E-state index contributed by atoms with van der Waals surface area (Å²) in [5, 5.41) is 2.82. The Morgan fingerprint density at radius 1 is 0.889 bits per heavy atom. The van der Waals surface area contributed by atoms with Gasteiger partial charge in [-0.1, -0.05) is 72.9 Å². The largest absolute Gasteiger partial charge is 4.00 e. The van der Waals surface area contributed by atoms with Crippen LogP contribution in [0.25, 0.3) is 10.8 Å². The standard InChI is InChI=1S/C12H13.C12H19.2FH.Zr/c1-8-6-11-9(2)4-5-10(3)12(11)7-8;1-6-7-12-10(4)8(2)9(3)11(12)5;;;/h4-7H,1-3H3;6-7H2,1-5H3;2*1H;/q2*-1;;;+4/p-2. The predicted octanol–water partition coefficient (Wildman–Crippen LogP) is 1.08. The molecule has 0 heterocycles. The Kier molecular flexibility index (Phi) is 12.2. The molecule has 3 aromatic carbocycles. The second kappa shape index (κ2) is 11.7. The third-order valence-electron chi connectivity index (χ3n) is 5.56. The van der Waals surface area contributed by atoms with Crippen LogP contribution in [0.5, 0.6) is 0 Å². The average molecular weight is 450 g/mol. The Labute approximate surface area is 183 Å². The summed E-state index contributed by atoms with van der Waals surface area (Å²) in [6, 6.07) is 8.91. The van der Waals surface area contributed by atoms with E-state index in [1.165, 1.54) is 62.6 Å². The molecule has 0 atom stereocenters. The molecule has 27 heavy (non-hydrogen) atoms. The molecule has 0 aliphatic rings. The maximum absolute atomic E-state index is 2.26. The van der Waals surface area contributed by atoms with Crippen LogP contribution in [0.1, 0.15) is 57.9 Å². The molecule has 0 unspecified atom stereocenters. The van der Waals surface area contributed by atoms with E-state index in [-0.39, 0.29) is 35.6 Å². The first-order valence-electron chi connectivity index (χ1n) is 9.13. The van der Waals surface area contributed by atoms with Gasteiger partial charge in [0.15, 0.2) is 0 Å². The van der Waals surface area contributed by atoms with Gasteiger partial charge in [-0.25, -0.2) is 0 Å². The SMILES string of the molecule is CCCc1c(C)c(C)c(C)[c-]1C.Cc1cc2c(C)ccc(C)c2[cH-]1.[F-].[F-].[Zr+4]. The fraction of sp³-hybridized carbons (Fsp3) is 0.417. The van der Waals surface area contributed by atoms with E-state index in [1.54, 1.807) is 5.56 Å². The van der Waals surface area contributed by atoms with Crippen LogP contribution in [-0.4, -0.2) is 0 Å². The minimum atomic E-state index is 0. The van der Waals surface area contributed by atoms with Gasteiger partial charge in [-0.15, -0.1) is 34.0 Å². The third-order valence-corrected chi connectivity index (χ3v) is 5.56. The van der Waals surface area contributed by atoms with E-state index in [0.29, 0.717) is 0 Å². The number of fused-ring (bicyclic) bond motifs is 1. The molecule has 0 fully saturated rings. The summed E-state index contributed by atoms with van der Waals surface area (Å²) in [5.41, 5.74) is 11.7. The van der Waals surface area contributed by atoms with Crippen molar-refractivity contribution in [3.63, 3.8) is 0 Å². The van der Waals surface area contributed by atoms with Crippen molar-refractivity contribution in [1.29, 1.82) is 0 Å². The molecular weight excluding hydrogens is 417 g/mol. The zero-order chi connectivity index (χ0) is 18.0. The van der Waals surface area contributed by atoms with E-state index in [4.69, 9.17) is 0 Å². The maximum Gasteiger partial charge on any atom is 4.00 e. The second-order valence-corrected chi connectivity index (χ2v) is 7.29. The molecule has 146 valence electrons. The van der Waals surface area contributed by atoms with Crippen LogP contribution >= 0.6 is 0 Å². The van der Waals surface area contributed by atoms with Crippen molar-refractivity contribution in [2.75, 3.05) is 0 Å². The summed E-state index contributed by atoms with van der Waals surface area (Å²) in [5.74, 6) is 0. The van der Waals surface area contributed by atoms with Crippen molar-refractivity contribution in [3.8, 4) is 0 Å². The van der Waals surface area contributed by atoms with Gasteiger partial charge in [0.1, 0.15) is 0 Å². The minimum Gasteiger partial charge on any atom is -1.00 e. The second-order valence-electron chi connectivity index (χ2n) is 7.29. The van der Waals surface area contributed by atoms with E-state index >= 15 is 0 Å². The molecule has 0 N–H and O–H groups in total. The van der Waals surface area contributed by atoms with Gasteiger partial charge in [-0.3, -0.25) is 0 Å². The quantitative estimate of drug-likeness (QED) is 0.514. The monoisotopic (exact) mass is 448 g/mol. The fourth-order valence-electron chi connectivity index (χ4n) is 3.66. The summed E-state index contributed by atoms with van der Waals surface area (Å²) in [4.78, 5) is 0. The molecule has 3 rings (SSSR count). The maximum atomic E-state index is 2.26. The predicted molar refractivity (Wildman–Crippen MR) is 109 cm³/mol. The molecule has 0 aliphatic carbocycles. The Hall–Kier alpha value is -1.08. The van der Waals surface area contributed by atoms with E-state index in [1.807, 2.05) is 0 Å². The number of hydrogen-bond donors (Lipinski definition) is 0. The molecule has 3 aromatic rings. The Morgan fingerprint density at radius 2 is 1.44 bits per heavy atom. The Balaban J connectivity index is 0.